The number of halogens is 5. The van der Waals surface area contributed by atoms with Crippen LogP contribution in [0, 0.1) is 17.5 Å². The molecular weight excluding hydrogens is 241 g/mol. The van der Waals surface area contributed by atoms with Gasteiger partial charge in [-0.1, -0.05) is 0 Å². The summed E-state index contributed by atoms with van der Waals surface area (Å²) in [4.78, 5) is 0. The Hall–Kier alpha value is -1.17. The van der Waals surface area contributed by atoms with E-state index in [9.17, 15) is 22.0 Å². The van der Waals surface area contributed by atoms with Gasteiger partial charge >= 0.3 is 0 Å². The van der Waals surface area contributed by atoms with E-state index < -0.39 is 41.6 Å². The van der Waals surface area contributed by atoms with Gasteiger partial charge in [0.25, 0.3) is 0 Å². The molecule has 0 saturated heterocycles. The fraction of sp³-hybridized carbons (Fsp3) is 0.455. The van der Waals surface area contributed by atoms with Crippen LogP contribution in [0.25, 0.3) is 0 Å². The lowest BCUT2D eigenvalue weighted by Gasteiger charge is -2.47. The van der Waals surface area contributed by atoms with Gasteiger partial charge in [-0.05, 0) is 17.7 Å². The minimum atomic E-state index is -2.87. The number of benzene rings is 1. The van der Waals surface area contributed by atoms with Crippen molar-refractivity contribution in [1.82, 2.24) is 0 Å². The molecule has 2 N–H and O–H groups in total. The zero-order valence-corrected chi connectivity index (χ0v) is 8.74. The SMILES string of the molecule is NCC1(c2cc(F)c(F)c(F)c2)CC(F)(F)C1. The lowest BCUT2D eigenvalue weighted by atomic mass is 9.62. The Bertz CT molecular complexity index is 426. The first-order chi connectivity index (χ1) is 7.80. The Morgan fingerprint density at radius 2 is 1.53 bits per heavy atom. The van der Waals surface area contributed by atoms with Crippen LogP contribution in [0.3, 0.4) is 0 Å². The normalized spacial score (nSPS) is 21.1. The number of rotatable bonds is 2. The smallest absolute Gasteiger partial charge is 0.250 e. The van der Waals surface area contributed by atoms with Gasteiger partial charge < -0.3 is 5.73 Å². The molecule has 0 heterocycles. The standard InChI is InChI=1S/C11H10F5N/c12-7-1-6(2-8(13)9(7)14)10(5-17)3-11(15,16)4-10/h1-2H,3-5,17H2. The Labute approximate surface area is 94.4 Å². The van der Waals surface area contributed by atoms with Crippen LogP contribution in [0.2, 0.25) is 0 Å². The molecule has 0 atom stereocenters. The fourth-order valence-corrected chi connectivity index (χ4v) is 2.27. The first-order valence-corrected chi connectivity index (χ1v) is 5.03. The highest BCUT2D eigenvalue weighted by Crippen LogP contribution is 2.53. The molecule has 0 aromatic heterocycles. The minimum Gasteiger partial charge on any atom is -0.330 e. The predicted octanol–water partition coefficient (Wildman–Crippen LogP) is 2.73. The Morgan fingerprint density at radius 1 is 1.06 bits per heavy atom. The lowest BCUT2D eigenvalue weighted by Crippen LogP contribution is -2.53. The second-order valence-electron chi connectivity index (χ2n) is 4.45. The first-order valence-electron chi connectivity index (χ1n) is 5.03. The molecule has 6 heteroatoms. The van der Waals surface area contributed by atoms with Crippen molar-refractivity contribution in [2.24, 2.45) is 5.73 Å². The molecule has 0 radical (unpaired) electrons. The van der Waals surface area contributed by atoms with Gasteiger partial charge in [0.1, 0.15) is 0 Å². The molecule has 2 rings (SSSR count). The second-order valence-corrected chi connectivity index (χ2v) is 4.45. The van der Waals surface area contributed by atoms with Crippen LogP contribution in [0.1, 0.15) is 18.4 Å². The molecule has 1 aliphatic carbocycles. The Morgan fingerprint density at radius 3 is 1.88 bits per heavy atom. The predicted molar refractivity (Wildman–Crippen MR) is 51.2 cm³/mol. The maximum Gasteiger partial charge on any atom is 0.250 e. The summed E-state index contributed by atoms with van der Waals surface area (Å²) >= 11 is 0. The highest BCUT2D eigenvalue weighted by molar-refractivity contribution is 5.32. The number of hydrogen-bond donors (Lipinski definition) is 1. The van der Waals surface area contributed by atoms with Gasteiger partial charge in [0.15, 0.2) is 17.5 Å². The molecule has 0 unspecified atom stereocenters. The zero-order chi connectivity index (χ0) is 12.8. The zero-order valence-electron chi connectivity index (χ0n) is 8.74. The highest BCUT2D eigenvalue weighted by Gasteiger charge is 2.56. The van der Waals surface area contributed by atoms with E-state index >= 15 is 0 Å². The average molecular weight is 251 g/mol. The van der Waals surface area contributed by atoms with Crippen molar-refractivity contribution in [2.75, 3.05) is 6.54 Å². The van der Waals surface area contributed by atoms with Gasteiger partial charge in [0.2, 0.25) is 5.92 Å². The third-order valence-corrected chi connectivity index (χ3v) is 3.18. The summed E-state index contributed by atoms with van der Waals surface area (Å²) in [6.07, 6.45) is -1.14. The van der Waals surface area contributed by atoms with E-state index in [0.717, 1.165) is 12.1 Å². The van der Waals surface area contributed by atoms with Gasteiger partial charge in [-0.2, -0.15) is 0 Å². The molecule has 1 aromatic rings. The summed E-state index contributed by atoms with van der Waals surface area (Å²) in [6, 6.07) is 1.47. The molecule has 0 aliphatic heterocycles. The van der Waals surface area contributed by atoms with Crippen molar-refractivity contribution >= 4 is 0 Å². The van der Waals surface area contributed by atoms with Gasteiger partial charge in [-0.3, -0.25) is 0 Å². The van der Waals surface area contributed by atoms with Crippen molar-refractivity contribution in [3.63, 3.8) is 0 Å². The third-order valence-electron chi connectivity index (χ3n) is 3.18. The molecule has 1 nitrogen and oxygen atoms in total. The fourth-order valence-electron chi connectivity index (χ4n) is 2.27. The maximum absolute atomic E-state index is 13.0. The lowest BCUT2D eigenvalue weighted by molar-refractivity contribution is -0.123. The molecule has 1 aliphatic rings. The summed E-state index contributed by atoms with van der Waals surface area (Å²) < 4.78 is 64.5. The van der Waals surface area contributed by atoms with Crippen LogP contribution >= 0.6 is 0 Å². The van der Waals surface area contributed by atoms with Crippen LogP contribution in [-0.2, 0) is 5.41 Å². The van der Waals surface area contributed by atoms with Crippen LogP contribution in [0.4, 0.5) is 22.0 Å². The van der Waals surface area contributed by atoms with E-state index in [-0.39, 0.29) is 12.1 Å². The average Bonchev–Trinajstić information content (AvgIpc) is 2.21. The van der Waals surface area contributed by atoms with Crippen LogP contribution in [0.15, 0.2) is 12.1 Å². The van der Waals surface area contributed by atoms with E-state index in [4.69, 9.17) is 5.73 Å². The first kappa shape index (κ1) is 12.3. The van der Waals surface area contributed by atoms with Crippen molar-refractivity contribution in [3.05, 3.63) is 35.1 Å². The molecule has 0 bridgehead atoms. The van der Waals surface area contributed by atoms with Gasteiger partial charge in [0, 0.05) is 24.8 Å². The van der Waals surface area contributed by atoms with Crippen molar-refractivity contribution in [3.8, 4) is 0 Å². The summed E-state index contributed by atoms with van der Waals surface area (Å²) in [5.41, 5.74) is 4.22. The second kappa shape index (κ2) is 3.66. The largest absolute Gasteiger partial charge is 0.330 e. The number of nitrogens with two attached hydrogens (primary N) is 1. The molecule has 1 saturated carbocycles. The van der Waals surface area contributed by atoms with Crippen molar-refractivity contribution in [2.45, 2.75) is 24.2 Å². The molecule has 17 heavy (non-hydrogen) atoms. The Balaban J connectivity index is 2.40. The van der Waals surface area contributed by atoms with E-state index in [1.807, 2.05) is 0 Å². The van der Waals surface area contributed by atoms with Gasteiger partial charge in [-0.25, -0.2) is 22.0 Å². The van der Waals surface area contributed by atoms with E-state index in [0.29, 0.717) is 0 Å². The number of alkyl halides is 2. The molecular formula is C11H10F5N. The quantitative estimate of drug-likeness (QED) is 0.634. The van der Waals surface area contributed by atoms with Crippen LogP contribution in [0.5, 0.6) is 0 Å². The van der Waals surface area contributed by atoms with Gasteiger partial charge in [-0.15, -0.1) is 0 Å². The van der Waals surface area contributed by atoms with Crippen LogP contribution in [-0.4, -0.2) is 12.5 Å². The summed E-state index contributed by atoms with van der Waals surface area (Å²) in [5.74, 6) is -7.25. The summed E-state index contributed by atoms with van der Waals surface area (Å²) in [7, 11) is 0. The van der Waals surface area contributed by atoms with E-state index in [1.54, 1.807) is 0 Å². The minimum absolute atomic E-state index is 0.0117. The molecule has 94 valence electrons. The van der Waals surface area contributed by atoms with E-state index in [2.05, 4.69) is 0 Å². The topological polar surface area (TPSA) is 26.0 Å². The molecule has 0 spiro atoms. The highest BCUT2D eigenvalue weighted by atomic mass is 19.3. The summed E-state index contributed by atoms with van der Waals surface area (Å²) in [6.45, 7) is -0.160. The number of hydrogen-bond acceptors (Lipinski definition) is 1. The summed E-state index contributed by atoms with van der Waals surface area (Å²) in [5, 5.41) is 0. The monoisotopic (exact) mass is 251 g/mol. The van der Waals surface area contributed by atoms with Crippen LogP contribution < -0.4 is 5.73 Å². The third kappa shape index (κ3) is 1.90. The Kier molecular flexibility index (Phi) is 2.65. The van der Waals surface area contributed by atoms with Gasteiger partial charge in [0.05, 0.1) is 0 Å². The van der Waals surface area contributed by atoms with Crippen molar-refractivity contribution < 1.29 is 22.0 Å². The van der Waals surface area contributed by atoms with E-state index in [1.165, 1.54) is 0 Å². The van der Waals surface area contributed by atoms with Crippen molar-refractivity contribution in [1.29, 1.82) is 0 Å². The molecule has 1 fully saturated rings. The molecule has 1 aromatic carbocycles. The molecule has 0 amide bonds. The maximum atomic E-state index is 13.0.